The predicted octanol–water partition coefficient (Wildman–Crippen LogP) is 3.49. The van der Waals surface area contributed by atoms with Gasteiger partial charge < -0.3 is 9.73 Å². The first kappa shape index (κ1) is 11.2. The summed E-state index contributed by atoms with van der Waals surface area (Å²) in [5.74, 6) is 1.73. The van der Waals surface area contributed by atoms with Crippen molar-refractivity contribution in [1.29, 1.82) is 0 Å². The van der Waals surface area contributed by atoms with Gasteiger partial charge in [-0.05, 0) is 31.0 Å². The molecule has 0 aliphatic carbocycles. The van der Waals surface area contributed by atoms with Crippen LogP contribution in [0.25, 0.3) is 11.0 Å². The molecule has 2 nitrogen and oxygen atoms in total. The van der Waals surface area contributed by atoms with Gasteiger partial charge in [0.2, 0.25) is 0 Å². The first-order chi connectivity index (χ1) is 7.68. The van der Waals surface area contributed by atoms with Gasteiger partial charge in [0.25, 0.3) is 0 Å². The van der Waals surface area contributed by atoms with Crippen molar-refractivity contribution in [2.75, 3.05) is 6.54 Å². The Morgan fingerprint density at radius 2 is 2.00 bits per heavy atom. The van der Waals surface area contributed by atoms with Crippen molar-refractivity contribution in [3.05, 3.63) is 35.6 Å². The van der Waals surface area contributed by atoms with E-state index < -0.39 is 0 Å². The largest absolute Gasteiger partial charge is 0.459 e. The van der Waals surface area contributed by atoms with E-state index in [4.69, 9.17) is 4.42 Å². The SMILES string of the molecule is Cc1c(CNCC(C)C)oc2ccccc12. The van der Waals surface area contributed by atoms with Gasteiger partial charge in [0, 0.05) is 5.39 Å². The highest BCUT2D eigenvalue weighted by atomic mass is 16.3. The number of nitrogens with one attached hydrogen (secondary N) is 1. The Bertz CT molecular complexity index is 471. The number of hydrogen-bond donors (Lipinski definition) is 1. The fraction of sp³-hybridized carbons (Fsp3) is 0.429. The van der Waals surface area contributed by atoms with Gasteiger partial charge in [-0.1, -0.05) is 32.0 Å². The standard InChI is InChI=1S/C14H19NO/c1-10(2)8-15-9-14-11(3)12-6-4-5-7-13(12)16-14/h4-7,10,15H,8-9H2,1-3H3. The van der Waals surface area contributed by atoms with Crippen LogP contribution in [0.3, 0.4) is 0 Å². The lowest BCUT2D eigenvalue weighted by Crippen LogP contribution is -2.18. The zero-order valence-electron chi connectivity index (χ0n) is 10.2. The molecule has 0 unspecified atom stereocenters. The third kappa shape index (κ3) is 2.27. The van der Waals surface area contributed by atoms with Gasteiger partial charge in [0.15, 0.2) is 0 Å². The molecule has 0 radical (unpaired) electrons. The maximum Gasteiger partial charge on any atom is 0.134 e. The molecule has 2 rings (SSSR count). The van der Waals surface area contributed by atoms with E-state index in [2.05, 4.69) is 38.2 Å². The second-order valence-corrected chi connectivity index (χ2v) is 4.67. The zero-order chi connectivity index (χ0) is 11.5. The highest BCUT2D eigenvalue weighted by Gasteiger charge is 2.08. The second kappa shape index (κ2) is 4.71. The Morgan fingerprint density at radius 1 is 1.25 bits per heavy atom. The van der Waals surface area contributed by atoms with Crippen LogP contribution in [-0.2, 0) is 6.54 Å². The summed E-state index contributed by atoms with van der Waals surface area (Å²) in [5.41, 5.74) is 2.24. The summed E-state index contributed by atoms with van der Waals surface area (Å²) in [4.78, 5) is 0. The highest BCUT2D eigenvalue weighted by molar-refractivity contribution is 5.81. The Hall–Kier alpha value is -1.28. The summed E-state index contributed by atoms with van der Waals surface area (Å²) < 4.78 is 5.82. The van der Waals surface area contributed by atoms with Crippen LogP contribution in [-0.4, -0.2) is 6.54 Å². The van der Waals surface area contributed by atoms with E-state index in [1.54, 1.807) is 0 Å². The zero-order valence-corrected chi connectivity index (χ0v) is 10.2. The van der Waals surface area contributed by atoms with E-state index in [1.807, 2.05) is 12.1 Å². The van der Waals surface area contributed by atoms with Gasteiger partial charge in [0.05, 0.1) is 6.54 Å². The van der Waals surface area contributed by atoms with Gasteiger partial charge in [-0.3, -0.25) is 0 Å². The van der Waals surface area contributed by atoms with E-state index in [-0.39, 0.29) is 0 Å². The predicted molar refractivity (Wildman–Crippen MR) is 67.5 cm³/mol. The molecular formula is C14H19NO. The quantitative estimate of drug-likeness (QED) is 0.848. The van der Waals surface area contributed by atoms with Gasteiger partial charge >= 0.3 is 0 Å². The number of furan rings is 1. The summed E-state index contributed by atoms with van der Waals surface area (Å²) in [6, 6.07) is 8.20. The van der Waals surface area contributed by atoms with Crippen LogP contribution < -0.4 is 5.32 Å². The number of para-hydroxylation sites is 1. The molecule has 0 saturated heterocycles. The van der Waals surface area contributed by atoms with E-state index in [0.717, 1.165) is 24.4 Å². The molecule has 0 atom stereocenters. The molecule has 1 heterocycles. The second-order valence-electron chi connectivity index (χ2n) is 4.67. The van der Waals surface area contributed by atoms with Crippen molar-refractivity contribution in [1.82, 2.24) is 5.32 Å². The number of aryl methyl sites for hydroxylation is 1. The number of benzene rings is 1. The molecule has 1 aromatic carbocycles. The monoisotopic (exact) mass is 217 g/mol. The first-order valence-corrected chi connectivity index (χ1v) is 5.86. The lowest BCUT2D eigenvalue weighted by molar-refractivity contribution is 0.482. The van der Waals surface area contributed by atoms with Gasteiger partial charge in [-0.25, -0.2) is 0 Å². The average Bonchev–Trinajstić information content (AvgIpc) is 2.56. The lowest BCUT2D eigenvalue weighted by atomic mass is 10.1. The van der Waals surface area contributed by atoms with E-state index in [1.165, 1.54) is 10.9 Å². The molecule has 0 spiro atoms. The molecule has 16 heavy (non-hydrogen) atoms. The fourth-order valence-electron chi connectivity index (χ4n) is 1.87. The third-order valence-corrected chi connectivity index (χ3v) is 2.78. The molecule has 2 aromatic rings. The minimum Gasteiger partial charge on any atom is -0.459 e. The summed E-state index contributed by atoms with van der Waals surface area (Å²) in [7, 11) is 0. The molecule has 0 bridgehead atoms. The third-order valence-electron chi connectivity index (χ3n) is 2.78. The van der Waals surface area contributed by atoms with Crippen molar-refractivity contribution in [2.24, 2.45) is 5.92 Å². The van der Waals surface area contributed by atoms with Crippen LogP contribution in [0.15, 0.2) is 28.7 Å². The summed E-state index contributed by atoms with van der Waals surface area (Å²) in [6.07, 6.45) is 0. The van der Waals surface area contributed by atoms with Crippen molar-refractivity contribution in [3.63, 3.8) is 0 Å². The molecule has 0 fully saturated rings. The summed E-state index contributed by atoms with van der Waals surface area (Å²) >= 11 is 0. The van der Waals surface area contributed by atoms with Crippen LogP contribution in [0.4, 0.5) is 0 Å². The van der Waals surface area contributed by atoms with Crippen molar-refractivity contribution >= 4 is 11.0 Å². The van der Waals surface area contributed by atoms with Crippen LogP contribution in [0, 0.1) is 12.8 Å². The van der Waals surface area contributed by atoms with Crippen LogP contribution in [0.2, 0.25) is 0 Å². The Balaban J connectivity index is 2.15. The van der Waals surface area contributed by atoms with Crippen LogP contribution in [0.5, 0.6) is 0 Å². The van der Waals surface area contributed by atoms with Gasteiger partial charge in [0.1, 0.15) is 11.3 Å². The molecule has 0 saturated carbocycles. The number of fused-ring (bicyclic) bond motifs is 1. The topological polar surface area (TPSA) is 25.2 Å². The van der Waals surface area contributed by atoms with Gasteiger partial charge in [-0.15, -0.1) is 0 Å². The molecule has 86 valence electrons. The Morgan fingerprint density at radius 3 is 2.69 bits per heavy atom. The maximum absolute atomic E-state index is 5.82. The van der Waals surface area contributed by atoms with Crippen molar-refractivity contribution in [3.8, 4) is 0 Å². The minimum absolute atomic E-state index is 0.671. The van der Waals surface area contributed by atoms with Crippen LogP contribution >= 0.6 is 0 Å². The summed E-state index contributed by atoms with van der Waals surface area (Å²) in [5, 5.41) is 4.63. The van der Waals surface area contributed by atoms with Crippen LogP contribution in [0.1, 0.15) is 25.2 Å². The molecule has 0 aliphatic heterocycles. The fourth-order valence-corrected chi connectivity index (χ4v) is 1.87. The smallest absolute Gasteiger partial charge is 0.134 e. The maximum atomic E-state index is 5.82. The van der Waals surface area contributed by atoms with E-state index in [0.29, 0.717) is 5.92 Å². The Kier molecular flexibility index (Phi) is 3.30. The van der Waals surface area contributed by atoms with Crippen molar-refractivity contribution < 1.29 is 4.42 Å². The first-order valence-electron chi connectivity index (χ1n) is 5.86. The Labute approximate surface area is 96.6 Å². The molecule has 2 heteroatoms. The number of rotatable bonds is 4. The van der Waals surface area contributed by atoms with Crippen molar-refractivity contribution in [2.45, 2.75) is 27.3 Å². The lowest BCUT2D eigenvalue weighted by Gasteiger charge is -2.05. The molecule has 1 N–H and O–H groups in total. The summed E-state index contributed by atoms with van der Waals surface area (Å²) in [6.45, 7) is 8.38. The van der Waals surface area contributed by atoms with Gasteiger partial charge in [-0.2, -0.15) is 0 Å². The highest BCUT2D eigenvalue weighted by Crippen LogP contribution is 2.24. The average molecular weight is 217 g/mol. The molecule has 0 aliphatic rings. The van der Waals surface area contributed by atoms with E-state index in [9.17, 15) is 0 Å². The molecular weight excluding hydrogens is 198 g/mol. The molecule has 0 amide bonds. The molecule has 1 aromatic heterocycles. The van der Waals surface area contributed by atoms with E-state index >= 15 is 0 Å². The normalized spacial score (nSPS) is 11.5. The number of hydrogen-bond acceptors (Lipinski definition) is 2. The minimum atomic E-state index is 0.671.